The van der Waals surface area contributed by atoms with Crippen molar-refractivity contribution in [2.75, 3.05) is 0 Å². The summed E-state index contributed by atoms with van der Waals surface area (Å²) in [6.45, 7) is 8.29. The molecule has 0 fully saturated rings. The van der Waals surface area contributed by atoms with Gasteiger partial charge in [-0.15, -0.1) is 0 Å². The van der Waals surface area contributed by atoms with Crippen LogP contribution in [0.3, 0.4) is 0 Å². The van der Waals surface area contributed by atoms with Gasteiger partial charge in [-0.1, -0.05) is 57.2 Å². The van der Waals surface area contributed by atoms with Crippen molar-refractivity contribution < 1.29 is 0 Å². The minimum Gasteiger partial charge on any atom is -0.304 e. The molecule has 3 heteroatoms. The highest BCUT2D eigenvalue weighted by Crippen LogP contribution is 2.51. The topological polar surface area (TPSA) is 40.9 Å². The predicted molar refractivity (Wildman–Crippen MR) is 81.7 cm³/mol. The van der Waals surface area contributed by atoms with Crippen molar-refractivity contribution in [2.45, 2.75) is 33.1 Å². The number of hydrogen-bond acceptors (Lipinski definition) is 3. The molecule has 0 saturated heterocycles. The molecule has 1 aliphatic rings. The Hall–Kier alpha value is -1.48. The Labute approximate surface area is 116 Å². The van der Waals surface area contributed by atoms with E-state index < -0.39 is 0 Å². The fraction of sp³-hybridized carbons (Fsp3) is 0.375. The minimum absolute atomic E-state index is 0.106. The molecule has 1 aromatic heterocycles. The van der Waals surface area contributed by atoms with Crippen LogP contribution in [0.5, 0.6) is 0 Å². The first-order chi connectivity index (χ1) is 8.78. The van der Waals surface area contributed by atoms with Crippen LogP contribution >= 0.6 is 11.3 Å². The maximum Gasteiger partial charge on any atom is 0.237 e. The number of fused-ring (bicyclic) bond motifs is 3. The van der Waals surface area contributed by atoms with Crippen LogP contribution in [-0.2, 0) is 5.41 Å². The Balaban J connectivity index is 2.56. The number of nitrogens with one attached hydrogen (secondary N) is 1. The molecule has 19 heavy (non-hydrogen) atoms. The highest BCUT2D eigenvalue weighted by atomic mass is 32.1. The van der Waals surface area contributed by atoms with Crippen molar-refractivity contribution in [3.05, 3.63) is 44.9 Å². The summed E-state index contributed by atoms with van der Waals surface area (Å²) in [5, 5.41) is 9.58. The molecule has 0 spiro atoms. The van der Waals surface area contributed by atoms with E-state index in [1.165, 1.54) is 11.3 Å². The summed E-state index contributed by atoms with van der Waals surface area (Å²) in [6.07, 6.45) is 0. The molecule has 2 nitrogen and oxygen atoms in total. The van der Waals surface area contributed by atoms with Gasteiger partial charge >= 0.3 is 0 Å². The largest absolute Gasteiger partial charge is 0.304 e. The predicted octanol–water partition coefficient (Wildman–Crippen LogP) is 3.95. The molecule has 3 rings (SSSR count). The summed E-state index contributed by atoms with van der Waals surface area (Å²) in [5.74, 6) is 0. The molecule has 0 aliphatic heterocycles. The third kappa shape index (κ3) is 1.36. The summed E-state index contributed by atoms with van der Waals surface area (Å²) in [7, 11) is 0. The molecule has 1 aromatic carbocycles. The summed E-state index contributed by atoms with van der Waals surface area (Å²) in [4.78, 5) is 12.5. The van der Waals surface area contributed by atoms with Crippen LogP contribution in [-0.4, -0.2) is 5.71 Å². The number of benzene rings is 1. The number of hydrogen-bond donors (Lipinski definition) is 1. The maximum absolute atomic E-state index is 12.5. The van der Waals surface area contributed by atoms with Crippen LogP contribution < -0.4 is 4.74 Å². The van der Waals surface area contributed by atoms with E-state index in [-0.39, 0.29) is 15.6 Å². The highest BCUT2D eigenvalue weighted by molar-refractivity contribution is 7.16. The molecule has 1 N–H and O–H groups in total. The fourth-order valence-electron chi connectivity index (χ4n) is 2.91. The fourth-order valence-corrected chi connectivity index (χ4v) is 4.00. The van der Waals surface area contributed by atoms with Crippen molar-refractivity contribution in [1.29, 1.82) is 5.41 Å². The van der Waals surface area contributed by atoms with Gasteiger partial charge in [-0.25, -0.2) is 0 Å². The molecule has 0 saturated carbocycles. The SMILES string of the molecule is CC1(C)C(=N)c2c(c(=O)sc3ccccc23)C1(C)C. The van der Waals surface area contributed by atoms with E-state index in [9.17, 15) is 4.79 Å². The minimum atomic E-state index is -0.314. The molecular formula is C16H17NOS. The van der Waals surface area contributed by atoms with Crippen LogP contribution in [0.25, 0.3) is 10.1 Å². The van der Waals surface area contributed by atoms with Gasteiger partial charge in [0.1, 0.15) is 0 Å². The molecule has 0 unspecified atom stereocenters. The zero-order valence-corrected chi connectivity index (χ0v) is 12.4. The zero-order chi connectivity index (χ0) is 14.0. The maximum atomic E-state index is 12.5. The third-order valence-corrected chi connectivity index (χ3v) is 5.84. The van der Waals surface area contributed by atoms with Crippen molar-refractivity contribution in [2.24, 2.45) is 5.41 Å². The van der Waals surface area contributed by atoms with Crippen molar-refractivity contribution in [3.63, 3.8) is 0 Å². The summed E-state index contributed by atoms with van der Waals surface area (Å²) in [6, 6.07) is 7.91. The van der Waals surface area contributed by atoms with Crippen LogP contribution in [0.2, 0.25) is 0 Å². The van der Waals surface area contributed by atoms with Gasteiger partial charge in [-0.05, 0) is 6.07 Å². The summed E-state index contributed by atoms with van der Waals surface area (Å²) >= 11 is 1.30. The lowest BCUT2D eigenvalue weighted by molar-refractivity contribution is 0.309. The van der Waals surface area contributed by atoms with E-state index in [0.717, 1.165) is 21.2 Å². The van der Waals surface area contributed by atoms with Gasteiger partial charge < -0.3 is 5.41 Å². The van der Waals surface area contributed by atoms with E-state index in [2.05, 4.69) is 27.7 Å². The first kappa shape index (κ1) is 12.5. The van der Waals surface area contributed by atoms with Crippen molar-refractivity contribution in [3.8, 4) is 0 Å². The molecule has 0 atom stereocenters. The van der Waals surface area contributed by atoms with Gasteiger partial charge in [-0.3, -0.25) is 4.79 Å². The standard InChI is InChI=1S/C16H17NOS/c1-15(2)12-11(13(17)16(15,3)4)9-7-5-6-8-10(9)19-14(12)18/h5-8,17H,1-4H3. The van der Waals surface area contributed by atoms with Gasteiger partial charge in [0, 0.05) is 37.8 Å². The quantitative estimate of drug-likeness (QED) is 0.774. The first-order valence-corrected chi connectivity index (χ1v) is 7.26. The molecule has 0 amide bonds. The van der Waals surface area contributed by atoms with Crippen LogP contribution in [0.1, 0.15) is 38.8 Å². The highest BCUT2D eigenvalue weighted by Gasteiger charge is 2.51. The Morgan fingerprint density at radius 3 is 2.37 bits per heavy atom. The average molecular weight is 271 g/mol. The van der Waals surface area contributed by atoms with E-state index in [0.29, 0.717) is 5.71 Å². The van der Waals surface area contributed by atoms with Gasteiger partial charge in [-0.2, -0.15) is 0 Å². The Morgan fingerprint density at radius 1 is 1.05 bits per heavy atom. The molecule has 1 heterocycles. The molecule has 1 aliphatic carbocycles. The van der Waals surface area contributed by atoms with Crippen molar-refractivity contribution >= 4 is 27.1 Å². The molecule has 2 aromatic rings. The van der Waals surface area contributed by atoms with Gasteiger partial charge in [0.2, 0.25) is 4.74 Å². The zero-order valence-electron chi connectivity index (χ0n) is 11.6. The second-order valence-corrected chi connectivity index (χ2v) is 7.28. The molecule has 0 radical (unpaired) electrons. The molecular weight excluding hydrogens is 254 g/mol. The monoisotopic (exact) mass is 271 g/mol. The second-order valence-electron chi connectivity index (χ2n) is 6.26. The lowest BCUT2D eigenvalue weighted by Gasteiger charge is -2.34. The van der Waals surface area contributed by atoms with Gasteiger partial charge in [0.15, 0.2) is 0 Å². The Morgan fingerprint density at radius 2 is 1.68 bits per heavy atom. The lowest BCUT2D eigenvalue weighted by Crippen LogP contribution is -2.37. The average Bonchev–Trinajstić information content (AvgIpc) is 2.48. The van der Waals surface area contributed by atoms with Crippen LogP contribution in [0.15, 0.2) is 29.1 Å². The van der Waals surface area contributed by atoms with E-state index >= 15 is 0 Å². The molecule has 0 bridgehead atoms. The first-order valence-electron chi connectivity index (χ1n) is 6.44. The van der Waals surface area contributed by atoms with Gasteiger partial charge in [0.05, 0.1) is 0 Å². The van der Waals surface area contributed by atoms with Crippen LogP contribution in [0, 0.1) is 10.8 Å². The number of rotatable bonds is 0. The van der Waals surface area contributed by atoms with E-state index in [1.54, 1.807) is 0 Å². The van der Waals surface area contributed by atoms with E-state index in [1.807, 2.05) is 24.3 Å². The third-order valence-electron chi connectivity index (χ3n) is 4.88. The molecule has 98 valence electrons. The normalized spacial score (nSPS) is 19.7. The lowest BCUT2D eigenvalue weighted by atomic mass is 9.68. The van der Waals surface area contributed by atoms with Gasteiger partial charge in [0.25, 0.3) is 0 Å². The van der Waals surface area contributed by atoms with Crippen molar-refractivity contribution in [1.82, 2.24) is 0 Å². The van der Waals surface area contributed by atoms with Crippen LogP contribution in [0.4, 0.5) is 0 Å². The second kappa shape index (κ2) is 3.54. The Kier molecular flexibility index (Phi) is 2.34. The summed E-state index contributed by atoms with van der Waals surface area (Å²) < 4.78 is 1.08. The summed E-state index contributed by atoms with van der Waals surface area (Å²) in [5.41, 5.74) is 1.68. The van der Waals surface area contributed by atoms with E-state index in [4.69, 9.17) is 5.41 Å². The smallest absolute Gasteiger partial charge is 0.237 e. The Bertz CT molecular complexity index is 768.